The van der Waals surface area contributed by atoms with Crippen LogP contribution in [0.4, 0.5) is 11.5 Å². The Kier molecular flexibility index (Phi) is 6.34. The van der Waals surface area contributed by atoms with Gasteiger partial charge < -0.3 is 15.0 Å². The Morgan fingerprint density at radius 2 is 1.87 bits per heavy atom. The van der Waals surface area contributed by atoms with E-state index in [0.29, 0.717) is 29.5 Å². The number of carbonyl (C=O) groups excluding carboxylic acids is 2. The van der Waals surface area contributed by atoms with Gasteiger partial charge in [0.25, 0.3) is 0 Å². The van der Waals surface area contributed by atoms with E-state index in [-0.39, 0.29) is 18.2 Å². The van der Waals surface area contributed by atoms with E-state index in [9.17, 15) is 9.59 Å². The van der Waals surface area contributed by atoms with Crippen molar-refractivity contribution in [1.82, 2.24) is 9.78 Å². The highest BCUT2D eigenvalue weighted by atomic mass is 35.5. The van der Waals surface area contributed by atoms with Crippen LogP contribution in [0.3, 0.4) is 0 Å². The molecule has 2 aromatic carbocycles. The number of halogens is 1. The number of Topliss-reactive ketones (excluding diaryl/α,β-unsaturated/α-hetero) is 1. The molecular weight excluding hydrogens is 416 g/mol. The first-order chi connectivity index (χ1) is 15.0. The number of rotatable bonds is 6. The molecule has 3 aromatic rings. The lowest BCUT2D eigenvalue weighted by Crippen LogP contribution is -2.36. The highest BCUT2D eigenvalue weighted by Crippen LogP contribution is 2.31. The lowest BCUT2D eigenvalue weighted by atomic mass is 10.1. The number of morpholine rings is 1. The molecule has 1 aromatic heterocycles. The van der Waals surface area contributed by atoms with Gasteiger partial charge in [-0.3, -0.25) is 14.3 Å². The third kappa shape index (κ3) is 5.13. The molecular formula is C23H23ClN4O3. The van der Waals surface area contributed by atoms with E-state index in [1.54, 1.807) is 28.9 Å². The monoisotopic (exact) mass is 438 g/mol. The Morgan fingerprint density at radius 3 is 2.58 bits per heavy atom. The molecule has 7 nitrogen and oxygen atoms in total. The Morgan fingerprint density at radius 1 is 1.13 bits per heavy atom. The zero-order chi connectivity index (χ0) is 21.8. The van der Waals surface area contributed by atoms with E-state index in [1.807, 2.05) is 30.5 Å². The molecule has 0 bridgehead atoms. The predicted molar refractivity (Wildman–Crippen MR) is 121 cm³/mol. The lowest BCUT2D eigenvalue weighted by Gasteiger charge is -2.27. The summed E-state index contributed by atoms with van der Waals surface area (Å²) in [5.74, 6) is 0.544. The summed E-state index contributed by atoms with van der Waals surface area (Å²) in [7, 11) is 0. The van der Waals surface area contributed by atoms with Gasteiger partial charge in [-0.1, -0.05) is 35.9 Å². The molecule has 4 rings (SSSR count). The number of carbonyl (C=O) groups is 2. The minimum atomic E-state index is -0.223. The van der Waals surface area contributed by atoms with Gasteiger partial charge in [-0.05, 0) is 36.8 Å². The summed E-state index contributed by atoms with van der Waals surface area (Å²) in [6.07, 6.45) is 1.87. The maximum absolute atomic E-state index is 12.6. The second-order valence-electron chi connectivity index (χ2n) is 7.36. The average molecular weight is 439 g/mol. The van der Waals surface area contributed by atoms with E-state index in [1.165, 1.54) is 6.92 Å². The molecule has 31 heavy (non-hydrogen) atoms. The van der Waals surface area contributed by atoms with Crippen LogP contribution in [-0.2, 0) is 16.1 Å². The van der Waals surface area contributed by atoms with Crippen molar-refractivity contribution in [1.29, 1.82) is 0 Å². The van der Waals surface area contributed by atoms with Gasteiger partial charge in [0, 0.05) is 41.1 Å². The van der Waals surface area contributed by atoms with Crippen LogP contribution >= 0.6 is 11.6 Å². The average Bonchev–Trinajstić information content (AvgIpc) is 3.18. The third-order valence-corrected chi connectivity index (χ3v) is 5.32. The van der Waals surface area contributed by atoms with Crippen LogP contribution in [0.2, 0.25) is 5.02 Å². The Bertz CT molecular complexity index is 1090. The zero-order valence-electron chi connectivity index (χ0n) is 17.2. The molecule has 160 valence electrons. The molecule has 1 amide bonds. The summed E-state index contributed by atoms with van der Waals surface area (Å²) < 4.78 is 7.10. The number of benzene rings is 2. The topological polar surface area (TPSA) is 76.5 Å². The van der Waals surface area contributed by atoms with Gasteiger partial charge in [-0.15, -0.1) is 0 Å². The number of nitrogens with one attached hydrogen (secondary N) is 1. The van der Waals surface area contributed by atoms with Gasteiger partial charge in [-0.2, -0.15) is 5.10 Å². The summed E-state index contributed by atoms with van der Waals surface area (Å²) in [4.78, 5) is 26.4. The molecule has 1 fully saturated rings. The molecule has 0 aliphatic carbocycles. The van der Waals surface area contributed by atoms with E-state index < -0.39 is 0 Å². The number of amides is 1. The van der Waals surface area contributed by atoms with Gasteiger partial charge in [-0.25, -0.2) is 0 Å². The van der Waals surface area contributed by atoms with Gasteiger partial charge in [0.15, 0.2) is 11.6 Å². The largest absolute Gasteiger partial charge is 0.378 e. The first kappa shape index (κ1) is 21.1. The molecule has 1 aliphatic rings. The lowest BCUT2D eigenvalue weighted by molar-refractivity contribution is -0.116. The number of hydrogen-bond donors (Lipinski definition) is 1. The number of aromatic nitrogens is 2. The minimum absolute atomic E-state index is 0.0501. The molecule has 0 atom stereocenters. The molecule has 0 unspecified atom stereocenters. The van der Waals surface area contributed by atoms with E-state index >= 15 is 0 Å². The van der Waals surface area contributed by atoms with Crippen molar-refractivity contribution in [3.05, 3.63) is 65.3 Å². The molecule has 0 radical (unpaired) electrons. The van der Waals surface area contributed by atoms with Crippen LogP contribution in [0.25, 0.3) is 11.1 Å². The fourth-order valence-corrected chi connectivity index (χ4v) is 3.62. The molecule has 1 N–H and O–H groups in total. The SMILES string of the molecule is CC(=O)c1cccc(NC(=O)Cn2cc(-c3ccc(Cl)cc3)c(N3CCOCC3)n2)c1. The Balaban J connectivity index is 1.56. The fraction of sp³-hybridized carbons (Fsp3) is 0.261. The number of nitrogens with zero attached hydrogens (tertiary/aromatic N) is 3. The predicted octanol–water partition coefficient (Wildman–Crippen LogP) is 3.88. The van der Waals surface area contributed by atoms with Crippen molar-refractivity contribution in [2.24, 2.45) is 0 Å². The van der Waals surface area contributed by atoms with Crippen molar-refractivity contribution >= 4 is 34.8 Å². The van der Waals surface area contributed by atoms with Crippen LogP contribution in [0.1, 0.15) is 17.3 Å². The Labute approximate surface area is 185 Å². The van der Waals surface area contributed by atoms with E-state index in [0.717, 1.165) is 30.0 Å². The molecule has 0 saturated carbocycles. The fourth-order valence-electron chi connectivity index (χ4n) is 3.50. The number of anilines is 2. The van der Waals surface area contributed by atoms with Gasteiger partial charge in [0.2, 0.25) is 5.91 Å². The molecule has 1 saturated heterocycles. The third-order valence-electron chi connectivity index (χ3n) is 5.07. The normalized spacial score (nSPS) is 13.8. The first-order valence-electron chi connectivity index (χ1n) is 10.1. The van der Waals surface area contributed by atoms with Crippen LogP contribution in [0, 0.1) is 0 Å². The quantitative estimate of drug-likeness (QED) is 0.591. The van der Waals surface area contributed by atoms with E-state index in [2.05, 4.69) is 10.2 Å². The first-order valence-corrected chi connectivity index (χ1v) is 10.4. The maximum atomic E-state index is 12.6. The smallest absolute Gasteiger partial charge is 0.246 e. The number of hydrogen-bond acceptors (Lipinski definition) is 5. The van der Waals surface area contributed by atoms with Crippen LogP contribution in [0.5, 0.6) is 0 Å². The summed E-state index contributed by atoms with van der Waals surface area (Å²) >= 11 is 6.05. The van der Waals surface area contributed by atoms with Crippen LogP contribution in [-0.4, -0.2) is 47.8 Å². The Hall–Kier alpha value is -3.16. The maximum Gasteiger partial charge on any atom is 0.246 e. The molecule has 8 heteroatoms. The summed E-state index contributed by atoms with van der Waals surface area (Å²) in [6, 6.07) is 14.5. The molecule has 2 heterocycles. The van der Waals surface area contributed by atoms with Crippen molar-refractivity contribution in [3.63, 3.8) is 0 Å². The summed E-state index contributed by atoms with van der Waals surface area (Å²) in [6.45, 7) is 4.30. The van der Waals surface area contributed by atoms with Crippen LogP contribution in [0.15, 0.2) is 54.7 Å². The number of ether oxygens (including phenoxy) is 1. The standard InChI is InChI=1S/C23H23ClN4O3/c1-16(29)18-3-2-4-20(13-18)25-22(30)15-28-14-21(17-5-7-19(24)8-6-17)23(26-28)27-9-11-31-12-10-27/h2-8,13-14H,9-12,15H2,1H3,(H,25,30). The van der Waals surface area contributed by atoms with Gasteiger partial charge >= 0.3 is 0 Å². The van der Waals surface area contributed by atoms with Crippen molar-refractivity contribution in [2.75, 3.05) is 36.5 Å². The van der Waals surface area contributed by atoms with Crippen LogP contribution < -0.4 is 10.2 Å². The highest BCUT2D eigenvalue weighted by molar-refractivity contribution is 6.30. The highest BCUT2D eigenvalue weighted by Gasteiger charge is 2.20. The van der Waals surface area contributed by atoms with Gasteiger partial charge in [0.1, 0.15) is 6.54 Å². The second-order valence-corrected chi connectivity index (χ2v) is 7.79. The van der Waals surface area contributed by atoms with E-state index in [4.69, 9.17) is 21.4 Å². The van der Waals surface area contributed by atoms with Crippen molar-refractivity contribution < 1.29 is 14.3 Å². The second kappa shape index (κ2) is 9.32. The summed E-state index contributed by atoms with van der Waals surface area (Å²) in [5.41, 5.74) is 3.05. The zero-order valence-corrected chi connectivity index (χ0v) is 17.9. The van der Waals surface area contributed by atoms with Crippen molar-refractivity contribution in [3.8, 4) is 11.1 Å². The molecule has 0 spiro atoms. The molecule has 1 aliphatic heterocycles. The summed E-state index contributed by atoms with van der Waals surface area (Å²) in [5, 5.41) is 8.20. The van der Waals surface area contributed by atoms with Gasteiger partial charge in [0.05, 0.1) is 13.2 Å². The van der Waals surface area contributed by atoms with Crippen molar-refractivity contribution in [2.45, 2.75) is 13.5 Å². The minimum Gasteiger partial charge on any atom is -0.378 e. The number of ketones is 1.